The fraction of sp³-hybridized carbons (Fsp3) is 0.273. The van der Waals surface area contributed by atoms with E-state index in [4.69, 9.17) is 15.2 Å². The smallest absolute Gasteiger partial charge is 0.189 e. The van der Waals surface area contributed by atoms with E-state index >= 15 is 0 Å². The molecule has 1 heterocycles. The van der Waals surface area contributed by atoms with E-state index in [0.717, 1.165) is 28.2 Å². The topological polar surface area (TPSA) is 86.7 Å². The normalized spacial score (nSPS) is 11.4. The fourth-order valence-corrected chi connectivity index (χ4v) is 3.14. The summed E-state index contributed by atoms with van der Waals surface area (Å²) in [7, 11) is 3.22. The predicted octanol–water partition coefficient (Wildman–Crippen LogP) is 3.11. The Morgan fingerprint density at radius 3 is 2.52 bits per heavy atom. The predicted molar refractivity (Wildman–Crippen MR) is 115 cm³/mol. The molecule has 0 aliphatic rings. The van der Waals surface area contributed by atoms with Gasteiger partial charge in [-0.05, 0) is 49.2 Å². The Morgan fingerprint density at radius 2 is 1.83 bits per heavy atom. The van der Waals surface area contributed by atoms with Crippen LogP contribution in [-0.2, 0) is 13.1 Å². The van der Waals surface area contributed by atoms with E-state index in [0.29, 0.717) is 30.5 Å². The van der Waals surface area contributed by atoms with Crippen LogP contribution >= 0.6 is 0 Å². The largest absolute Gasteiger partial charge is 0.493 e. The lowest BCUT2D eigenvalue weighted by atomic mass is 10.1. The molecule has 0 unspecified atom stereocenters. The molecule has 152 valence electrons. The molecule has 7 nitrogen and oxygen atoms in total. The van der Waals surface area contributed by atoms with E-state index in [1.165, 1.54) is 0 Å². The van der Waals surface area contributed by atoms with Crippen LogP contribution < -0.4 is 20.5 Å². The van der Waals surface area contributed by atoms with Crippen LogP contribution in [0.3, 0.4) is 0 Å². The first-order valence-corrected chi connectivity index (χ1v) is 9.38. The number of aryl methyl sites for hydroxylation is 2. The maximum atomic E-state index is 6.08. The van der Waals surface area contributed by atoms with Crippen molar-refractivity contribution in [1.82, 2.24) is 15.1 Å². The summed E-state index contributed by atoms with van der Waals surface area (Å²) in [6.45, 7) is 5.03. The van der Waals surface area contributed by atoms with Gasteiger partial charge >= 0.3 is 0 Å². The Hall–Kier alpha value is -3.48. The minimum absolute atomic E-state index is 0.378. The molecule has 0 bridgehead atoms. The Kier molecular flexibility index (Phi) is 6.39. The monoisotopic (exact) mass is 393 g/mol. The number of methoxy groups -OCH3 is 2. The van der Waals surface area contributed by atoms with Crippen LogP contribution in [0.15, 0.2) is 53.5 Å². The maximum absolute atomic E-state index is 6.08. The summed E-state index contributed by atoms with van der Waals surface area (Å²) < 4.78 is 12.5. The summed E-state index contributed by atoms with van der Waals surface area (Å²) in [5.74, 6) is 1.74. The highest BCUT2D eigenvalue weighted by molar-refractivity contribution is 5.77. The summed E-state index contributed by atoms with van der Waals surface area (Å²) in [5.41, 5.74) is 11.2. The number of nitrogens with two attached hydrogens (primary N) is 1. The lowest BCUT2D eigenvalue weighted by molar-refractivity contribution is 0.354. The summed E-state index contributed by atoms with van der Waals surface area (Å²) in [4.78, 5) is 4.43. The van der Waals surface area contributed by atoms with Crippen molar-refractivity contribution in [2.75, 3.05) is 14.2 Å². The molecule has 0 aliphatic heterocycles. The number of ether oxygens (including phenoxy) is 2. The fourth-order valence-electron chi connectivity index (χ4n) is 3.14. The summed E-state index contributed by atoms with van der Waals surface area (Å²) in [5, 5.41) is 7.77. The van der Waals surface area contributed by atoms with E-state index in [1.54, 1.807) is 14.2 Å². The molecule has 0 aliphatic carbocycles. The Labute approximate surface area is 171 Å². The molecule has 3 aromatic rings. The zero-order valence-corrected chi connectivity index (χ0v) is 17.3. The van der Waals surface area contributed by atoms with Crippen LogP contribution in [0.4, 0.5) is 0 Å². The van der Waals surface area contributed by atoms with Crippen LogP contribution in [-0.4, -0.2) is 30.0 Å². The summed E-state index contributed by atoms with van der Waals surface area (Å²) >= 11 is 0. The number of rotatable bonds is 7. The van der Waals surface area contributed by atoms with Gasteiger partial charge in [0.2, 0.25) is 0 Å². The van der Waals surface area contributed by atoms with Gasteiger partial charge in [0.15, 0.2) is 17.5 Å². The molecule has 3 N–H and O–H groups in total. The van der Waals surface area contributed by atoms with Crippen molar-refractivity contribution < 1.29 is 9.47 Å². The first kappa shape index (κ1) is 20.3. The highest BCUT2D eigenvalue weighted by atomic mass is 16.5. The number of guanidine groups is 1. The van der Waals surface area contributed by atoms with Gasteiger partial charge in [0.05, 0.1) is 32.1 Å². The lowest BCUT2D eigenvalue weighted by Crippen LogP contribution is -2.31. The lowest BCUT2D eigenvalue weighted by Gasteiger charge is -2.13. The minimum Gasteiger partial charge on any atom is -0.493 e. The molecular formula is C22H27N5O2. The molecule has 0 radical (unpaired) electrons. The number of hydrogen-bond donors (Lipinski definition) is 2. The SMILES string of the molecule is COc1ccc(CN=C(N)NCc2ccccc2-n2nc(C)cc2C)cc1OC. The van der Waals surface area contributed by atoms with Crippen LogP contribution in [0.2, 0.25) is 0 Å². The van der Waals surface area contributed by atoms with E-state index < -0.39 is 0 Å². The van der Waals surface area contributed by atoms with E-state index in [2.05, 4.69) is 27.5 Å². The van der Waals surface area contributed by atoms with Crippen molar-refractivity contribution in [3.63, 3.8) is 0 Å². The third kappa shape index (κ3) is 4.87. The molecule has 1 aromatic heterocycles. The first-order valence-electron chi connectivity index (χ1n) is 9.38. The molecule has 0 saturated heterocycles. The number of para-hydroxylation sites is 1. The van der Waals surface area contributed by atoms with Gasteiger partial charge in [-0.25, -0.2) is 9.67 Å². The van der Waals surface area contributed by atoms with Gasteiger partial charge in [0.1, 0.15) is 0 Å². The average Bonchev–Trinajstić information content (AvgIpc) is 3.08. The number of benzene rings is 2. The van der Waals surface area contributed by atoms with E-state index in [9.17, 15) is 0 Å². The van der Waals surface area contributed by atoms with E-state index in [1.807, 2.05) is 54.9 Å². The highest BCUT2D eigenvalue weighted by Crippen LogP contribution is 2.27. The van der Waals surface area contributed by atoms with Gasteiger partial charge in [0.25, 0.3) is 0 Å². The molecule has 0 atom stereocenters. The number of aromatic nitrogens is 2. The summed E-state index contributed by atoms with van der Waals surface area (Å²) in [6, 6.07) is 15.9. The average molecular weight is 393 g/mol. The van der Waals surface area contributed by atoms with Crippen LogP contribution in [0.25, 0.3) is 5.69 Å². The number of nitrogens with one attached hydrogen (secondary N) is 1. The van der Waals surface area contributed by atoms with E-state index in [-0.39, 0.29) is 0 Å². The Bertz CT molecular complexity index is 1010. The molecule has 0 spiro atoms. The van der Waals surface area contributed by atoms with Crippen molar-refractivity contribution in [3.05, 3.63) is 71.0 Å². The molecule has 29 heavy (non-hydrogen) atoms. The second-order valence-corrected chi connectivity index (χ2v) is 6.71. The molecule has 0 saturated carbocycles. The van der Waals surface area contributed by atoms with Crippen molar-refractivity contribution >= 4 is 5.96 Å². The third-order valence-corrected chi connectivity index (χ3v) is 4.57. The molecule has 0 fully saturated rings. The quantitative estimate of drug-likeness (QED) is 0.476. The van der Waals surface area contributed by atoms with Crippen LogP contribution in [0.1, 0.15) is 22.5 Å². The van der Waals surface area contributed by atoms with Crippen molar-refractivity contribution in [2.45, 2.75) is 26.9 Å². The van der Waals surface area contributed by atoms with Gasteiger partial charge in [-0.1, -0.05) is 24.3 Å². The maximum Gasteiger partial charge on any atom is 0.189 e. The molecule has 3 rings (SSSR count). The Morgan fingerprint density at radius 1 is 1.07 bits per heavy atom. The second kappa shape index (κ2) is 9.14. The second-order valence-electron chi connectivity index (χ2n) is 6.71. The summed E-state index contributed by atoms with van der Waals surface area (Å²) in [6.07, 6.45) is 0. The van der Waals surface area contributed by atoms with Gasteiger partial charge in [-0.15, -0.1) is 0 Å². The van der Waals surface area contributed by atoms with Crippen molar-refractivity contribution in [2.24, 2.45) is 10.7 Å². The number of hydrogen-bond acceptors (Lipinski definition) is 4. The highest BCUT2D eigenvalue weighted by Gasteiger charge is 2.09. The zero-order valence-electron chi connectivity index (χ0n) is 17.3. The van der Waals surface area contributed by atoms with Gasteiger partial charge in [0, 0.05) is 12.2 Å². The minimum atomic E-state index is 0.378. The Balaban J connectivity index is 1.68. The van der Waals surface area contributed by atoms with Crippen LogP contribution in [0, 0.1) is 13.8 Å². The standard InChI is InChI=1S/C22H27N5O2/c1-15-11-16(2)27(26-15)19-8-6-5-7-18(19)14-25-22(23)24-13-17-9-10-20(28-3)21(12-17)29-4/h5-12H,13-14H2,1-4H3,(H3,23,24,25). The van der Waals surface area contributed by atoms with Crippen molar-refractivity contribution in [3.8, 4) is 17.2 Å². The van der Waals surface area contributed by atoms with Crippen molar-refractivity contribution in [1.29, 1.82) is 0 Å². The van der Waals surface area contributed by atoms with Gasteiger partial charge in [-0.3, -0.25) is 0 Å². The molecule has 2 aromatic carbocycles. The zero-order chi connectivity index (χ0) is 20.8. The third-order valence-electron chi connectivity index (χ3n) is 4.57. The molecule has 0 amide bonds. The number of nitrogens with zero attached hydrogens (tertiary/aromatic N) is 3. The first-order chi connectivity index (χ1) is 14.0. The van der Waals surface area contributed by atoms with Gasteiger partial charge < -0.3 is 20.5 Å². The molecule has 7 heteroatoms. The van der Waals surface area contributed by atoms with Crippen LogP contribution in [0.5, 0.6) is 11.5 Å². The van der Waals surface area contributed by atoms with Gasteiger partial charge in [-0.2, -0.15) is 5.10 Å². The number of aliphatic imine (C=N–C) groups is 1. The molecular weight excluding hydrogens is 366 g/mol.